The molecule has 0 aliphatic carbocycles. The first-order valence-corrected chi connectivity index (χ1v) is 16.8. The summed E-state index contributed by atoms with van der Waals surface area (Å²) in [4.78, 5) is 42.7. The summed E-state index contributed by atoms with van der Waals surface area (Å²) in [5.74, 6) is -1.56. The average Bonchev–Trinajstić information content (AvgIpc) is 3.35. The van der Waals surface area contributed by atoms with Crippen molar-refractivity contribution in [3.63, 3.8) is 0 Å². The lowest BCUT2D eigenvalue weighted by Crippen LogP contribution is -2.56. The molecule has 2 saturated heterocycles. The van der Waals surface area contributed by atoms with Gasteiger partial charge in [-0.2, -0.15) is 0 Å². The van der Waals surface area contributed by atoms with E-state index < -0.39 is 44.5 Å². The van der Waals surface area contributed by atoms with E-state index in [4.69, 9.17) is 9.16 Å². The Bertz CT molecular complexity index is 1010. The number of esters is 1. The molecule has 38 heavy (non-hydrogen) atoms. The van der Waals surface area contributed by atoms with Crippen LogP contribution < -0.4 is 5.32 Å². The summed E-state index contributed by atoms with van der Waals surface area (Å²) < 4.78 is 12.9. The summed E-state index contributed by atoms with van der Waals surface area (Å²) in [6.45, 7) is 19.0. The smallest absolute Gasteiger partial charge is 0.329 e. The highest BCUT2D eigenvalue weighted by atomic mass is 28.4. The molecule has 1 aromatic rings. The van der Waals surface area contributed by atoms with Gasteiger partial charge in [-0.25, -0.2) is 4.79 Å². The van der Waals surface area contributed by atoms with Crippen LogP contribution >= 0.6 is 0 Å². The Labute approximate surface area is 229 Å². The largest absolute Gasteiger partial charge is 0.460 e. The molecular formula is C30H46N2O5Si. The molecule has 6 atom stereocenters. The number of carbonyl (C=O) groups is 3. The van der Waals surface area contributed by atoms with Crippen LogP contribution in [-0.2, 0) is 30.0 Å². The molecule has 210 valence electrons. The number of fused-ring (bicyclic) bond motifs is 1. The third-order valence-corrected chi connectivity index (χ3v) is 13.1. The van der Waals surface area contributed by atoms with Crippen LogP contribution in [0.2, 0.25) is 18.1 Å². The normalized spacial score (nSPS) is 28.4. The fraction of sp³-hybridized carbons (Fsp3) is 0.633. The van der Waals surface area contributed by atoms with Crippen LogP contribution in [0, 0.1) is 11.8 Å². The van der Waals surface area contributed by atoms with Gasteiger partial charge in [-0.15, -0.1) is 6.58 Å². The van der Waals surface area contributed by atoms with Gasteiger partial charge in [0, 0.05) is 25.3 Å². The van der Waals surface area contributed by atoms with Crippen molar-refractivity contribution in [2.24, 2.45) is 11.8 Å². The lowest BCUT2D eigenvalue weighted by atomic mass is 9.92. The zero-order valence-electron chi connectivity index (χ0n) is 24.2. The molecular weight excluding hydrogens is 496 g/mol. The number of benzene rings is 1. The minimum Gasteiger partial charge on any atom is -0.460 e. The van der Waals surface area contributed by atoms with Crippen LogP contribution in [-0.4, -0.2) is 61.8 Å². The van der Waals surface area contributed by atoms with Gasteiger partial charge in [0.1, 0.15) is 18.2 Å². The summed E-state index contributed by atoms with van der Waals surface area (Å²) in [5, 5.41) is 2.99. The van der Waals surface area contributed by atoms with Crippen molar-refractivity contribution < 1.29 is 23.5 Å². The molecule has 0 aromatic heterocycles. The van der Waals surface area contributed by atoms with Crippen molar-refractivity contribution in [2.45, 2.75) is 103 Å². The van der Waals surface area contributed by atoms with Crippen molar-refractivity contribution in [1.82, 2.24) is 10.2 Å². The predicted octanol–water partition coefficient (Wildman–Crippen LogP) is 4.87. The lowest BCUT2D eigenvalue weighted by molar-refractivity contribution is -0.162. The number of amides is 2. The van der Waals surface area contributed by atoms with E-state index in [-0.39, 0.29) is 22.8 Å². The molecule has 0 bridgehead atoms. The van der Waals surface area contributed by atoms with Crippen molar-refractivity contribution in [1.29, 1.82) is 0 Å². The summed E-state index contributed by atoms with van der Waals surface area (Å²) in [6.07, 6.45) is 2.76. The Hall–Kier alpha value is -2.45. The molecule has 8 heteroatoms. The Balaban J connectivity index is 2.02. The molecule has 2 aliphatic heterocycles. The average molecular weight is 543 g/mol. The Morgan fingerprint density at radius 1 is 1.21 bits per heavy atom. The van der Waals surface area contributed by atoms with Gasteiger partial charge in [-0.1, -0.05) is 71.0 Å². The van der Waals surface area contributed by atoms with Gasteiger partial charge in [-0.3, -0.25) is 9.59 Å². The summed E-state index contributed by atoms with van der Waals surface area (Å²) in [6, 6.07) is 8.20. The van der Waals surface area contributed by atoms with E-state index >= 15 is 0 Å². The van der Waals surface area contributed by atoms with Gasteiger partial charge < -0.3 is 19.4 Å². The minimum absolute atomic E-state index is 0.0702. The molecule has 2 fully saturated rings. The van der Waals surface area contributed by atoms with E-state index in [0.717, 1.165) is 5.56 Å². The van der Waals surface area contributed by atoms with Crippen molar-refractivity contribution in [2.75, 3.05) is 6.54 Å². The monoisotopic (exact) mass is 542 g/mol. The number of hydrogen-bond donors (Lipinski definition) is 1. The molecule has 0 spiro atoms. The first-order valence-electron chi connectivity index (χ1n) is 13.9. The maximum absolute atomic E-state index is 13.8. The second kappa shape index (κ2) is 12.2. The zero-order valence-corrected chi connectivity index (χ0v) is 25.2. The molecule has 7 nitrogen and oxygen atoms in total. The van der Waals surface area contributed by atoms with E-state index in [2.05, 4.69) is 45.8 Å². The molecule has 2 amide bonds. The highest BCUT2D eigenvalue weighted by molar-refractivity contribution is 6.74. The van der Waals surface area contributed by atoms with E-state index in [1.165, 1.54) is 0 Å². The van der Waals surface area contributed by atoms with E-state index in [0.29, 0.717) is 32.2 Å². The highest BCUT2D eigenvalue weighted by Gasteiger charge is 2.45. The van der Waals surface area contributed by atoms with Crippen LogP contribution in [0.1, 0.15) is 59.4 Å². The van der Waals surface area contributed by atoms with E-state index in [1.807, 2.05) is 44.2 Å². The highest BCUT2D eigenvalue weighted by Crippen LogP contribution is 2.39. The number of nitrogens with zero attached hydrogens (tertiary/aromatic N) is 1. The van der Waals surface area contributed by atoms with Crippen LogP contribution in [0.3, 0.4) is 0 Å². The summed E-state index contributed by atoms with van der Waals surface area (Å²) in [5.41, 5.74) is 0.943. The number of carbonyl (C=O) groups excluding carboxylic acids is 3. The number of nitrogens with one attached hydrogen (secondary N) is 1. The standard InChI is InChI=1S/C30H46N2O5Si/c1-9-20(2)25-19-26(37-38(7,8)30(4,5)6)21(3)27(33)31-23(18-22-14-11-10-12-15-22)28(34)32-17-13-16-24(32)29(35)36-25/h9-12,14-15,20-21,23-26H,1,13,16-19H2,2-8H3,(H,31,33)/t20-,21+,23+,24-,25+,26-/m0/s1. The number of rotatable bonds is 6. The van der Waals surface area contributed by atoms with Crippen molar-refractivity contribution in [3.8, 4) is 0 Å². The molecule has 3 rings (SSSR count). The Morgan fingerprint density at radius 2 is 1.87 bits per heavy atom. The summed E-state index contributed by atoms with van der Waals surface area (Å²) in [7, 11) is -2.28. The fourth-order valence-corrected chi connectivity index (χ4v) is 6.30. The van der Waals surface area contributed by atoms with Crippen molar-refractivity contribution in [3.05, 3.63) is 48.6 Å². The Morgan fingerprint density at radius 3 is 2.47 bits per heavy atom. The van der Waals surface area contributed by atoms with Gasteiger partial charge in [0.25, 0.3) is 0 Å². The third kappa shape index (κ3) is 6.94. The zero-order chi connectivity index (χ0) is 28.3. The molecule has 1 aromatic carbocycles. The van der Waals surface area contributed by atoms with Gasteiger partial charge in [-0.05, 0) is 36.5 Å². The topological polar surface area (TPSA) is 84.9 Å². The first-order chi connectivity index (χ1) is 17.7. The van der Waals surface area contributed by atoms with Crippen LogP contribution in [0.5, 0.6) is 0 Å². The van der Waals surface area contributed by atoms with Gasteiger partial charge in [0.05, 0.1) is 12.0 Å². The number of hydrogen-bond acceptors (Lipinski definition) is 5. The predicted molar refractivity (Wildman–Crippen MR) is 152 cm³/mol. The van der Waals surface area contributed by atoms with Crippen LogP contribution in [0.4, 0.5) is 0 Å². The van der Waals surface area contributed by atoms with Crippen LogP contribution in [0.25, 0.3) is 0 Å². The third-order valence-electron chi connectivity index (χ3n) is 8.62. The van der Waals surface area contributed by atoms with Gasteiger partial charge >= 0.3 is 5.97 Å². The quantitative estimate of drug-likeness (QED) is 0.315. The fourth-order valence-electron chi connectivity index (χ4n) is 4.89. The maximum Gasteiger partial charge on any atom is 0.329 e. The van der Waals surface area contributed by atoms with Gasteiger partial charge in [0.15, 0.2) is 8.32 Å². The van der Waals surface area contributed by atoms with E-state index in [1.54, 1.807) is 11.0 Å². The van der Waals surface area contributed by atoms with Crippen molar-refractivity contribution >= 4 is 26.1 Å². The second-order valence-electron chi connectivity index (χ2n) is 12.5. The Kier molecular flexibility index (Phi) is 9.63. The maximum atomic E-state index is 13.8. The second-order valence-corrected chi connectivity index (χ2v) is 17.2. The SMILES string of the molecule is C=C[C@H](C)[C@H]1C[C@H](O[Si](C)(C)C(C)(C)C)[C@@H](C)C(=O)N[C@H](Cc2ccccc2)C(=O)N2CCC[C@H]2C(=O)O1. The van der Waals surface area contributed by atoms with E-state index in [9.17, 15) is 14.4 Å². The molecule has 2 heterocycles. The molecule has 0 saturated carbocycles. The lowest BCUT2D eigenvalue weighted by Gasteiger charge is -2.42. The first kappa shape index (κ1) is 30.1. The molecule has 1 N–H and O–H groups in total. The van der Waals surface area contributed by atoms with Crippen LogP contribution in [0.15, 0.2) is 43.0 Å². The molecule has 0 radical (unpaired) electrons. The summed E-state index contributed by atoms with van der Waals surface area (Å²) >= 11 is 0. The number of ether oxygens (including phenoxy) is 1. The minimum atomic E-state index is -2.28. The number of cyclic esters (lactones) is 1. The van der Waals surface area contributed by atoms with Gasteiger partial charge in [0.2, 0.25) is 11.8 Å². The molecule has 2 aliphatic rings. The molecule has 0 unspecified atom stereocenters.